The first kappa shape index (κ1) is 22.5. The number of carbonyl (C=O) groups excluding carboxylic acids is 1. The number of ether oxygens (including phenoxy) is 2. The number of rotatable bonds is 7. The third kappa shape index (κ3) is 4.31. The Balaban J connectivity index is 1.50. The van der Waals surface area contributed by atoms with E-state index in [9.17, 15) is 9.59 Å². The normalized spacial score (nSPS) is 11.2. The lowest BCUT2D eigenvalue weighted by molar-refractivity contribution is -0.120. The van der Waals surface area contributed by atoms with Crippen molar-refractivity contribution in [3.05, 3.63) is 68.8 Å². The number of carbonyl (C=O) groups is 1. The molecule has 2 aromatic heterocycles. The second-order valence-corrected chi connectivity index (χ2v) is 8.09. The van der Waals surface area contributed by atoms with E-state index in [0.717, 1.165) is 33.2 Å². The molecule has 0 aliphatic rings. The molecule has 0 spiro atoms. The molecule has 0 unspecified atom stereocenters. The molecule has 2 heterocycles. The van der Waals surface area contributed by atoms with Crippen molar-refractivity contribution in [1.82, 2.24) is 5.32 Å². The summed E-state index contributed by atoms with van der Waals surface area (Å²) in [5, 5.41) is 4.66. The summed E-state index contributed by atoms with van der Waals surface area (Å²) in [4.78, 5) is 25.2. The van der Waals surface area contributed by atoms with Crippen LogP contribution in [0.2, 0.25) is 0 Å². The summed E-state index contributed by atoms with van der Waals surface area (Å²) in [6.45, 7) is 6.18. The molecule has 0 atom stereocenters. The van der Waals surface area contributed by atoms with Crippen molar-refractivity contribution < 1.29 is 23.1 Å². The lowest BCUT2D eigenvalue weighted by Gasteiger charge is -2.11. The van der Waals surface area contributed by atoms with Crippen LogP contribution in [-0.2, 0) is 17.6 Å². The van der Waals surface area contributed by atoms with Crippen LogP contribution < -0.4 is 20.4 Å². The molecule has 33 heavy (non-hydrogen) atoms. The number of amides is 1. The van der Waals surface area contributed by atoms with Crippen LogP contribution in [0.25, 0.3) is 21.9 Å². The topological polar surface area (TPSA) is 90.9 Å². The molecule has 0 radical (unpaired) electrons. The van der Waals surface area contributed by atoms with Crippen molar-refractivity contribution in [1.29, 1.82) is 0 Å². The van der Waals surface area contributed by atoms with Gasteiger partial charge in [-0.3, -0.25) is 4.79 Å². The highest BCUT2D eigenvalue weighted by atomic mass is 16.5. The molecule has 0 bridgehead atoms. The number of fused-ring (bicyclic) bond motifs is 2. The zero-order valence-corrected chi connectivity index (χ0v) is 19.5. The Bertz CT molecular complexity index is 1410. The minimum atomic E-state index is -0.505. The maximum atomic E-state index is 12.6. The summed E-state index contributed by atoms with van der Waals surface area (Å²) in [6, 6.07) is 9.35. The number of aryl methyl sites for hydroxylation is 3. The molecule has 1 N–H and O–H groups in total. The highest BCUT2D eigenvalue weighted by Gasteiger charge is 2.17. The molecule has 7 heteroatoms. The zero-order valence-electron chi connectivity index (χ0n) is 19.5. The molecule has 0 aliphatic heterocycles. The van der Waals surface area contributed by atoms with Gasteiger partial charge in [-0.25, -0.2) is 4.79 Å². The number of methoxy groups -OCH3 is 2. The molecule has 0 saturated heterocycles. The van der Waals surface area contributed by atoms with E-state index in [2.05, 4.69) is 5.32 Å². The van der Waals surface area contributed by atoms with Gasteiger partial charge in [0.25, 0.3) is 0 Å². The molecule has 1 amide bonds. The summed E-state index contributed by atoms with van der Waals surface area (Å²) < 4.78 is 21.8. The van der Waals surface area contributed by atoms with Gasteiger partial charge in [0.15, 0.2) is 11.5 Å². The van der Waals surface area contributed by atoms with Gasteiger partial charge in [-0.1, -0.05) is 6.07 Å². The monoisotopic (exact) mass is 449 g/mol. The highest BCUT2D eigenvalue weighted by Crippen LogP contribution is 2.31. The van der Waals surface area contributed by atoms with Gasteiger partial charge >= 0.3 is 5.63 Å². The number of hydrogen-bond acceptors (Lipinski definition) is 6. The molecule has 4 aromatic rings. The van der Waals surface area contributed by atoms with Gasteiger partial charge in [0.1, 0.15) is 16.9 Å². The molecular weight excluding hydrogens is 422 g/mol. The summed E-state index contributed by atoms with van der Waals surface area (Å²) in [7, 11) is 3.17. The van der Waals surface area contributed by atoms with Crippen LogP contribution in [-0.4, -0.2) is 26.7 Å². The maximum Gasteiger partial charge on any atom is 0.340 e. The molecule has 7 nitrogen and oxygen atoms in total. The van der Waals surface area contributed by atoms with E-state index in [1.807, 2.05) is 45.0 Å². The largest absolute Gasteiger partial charge is 0.493 e. The van der Waals surface area contributed by atoms with Crippen molar-refractivity contribution in [2.75, 3.05) is 20.8 Å². The van der Waals surface area contributed by atoms with Gasteiger partial charge in [-0.15, -0.1) is 0 Å². The SMILES string of the molecule is COc1ccc(CCNC(=O)Cc2c(C)c3cc4c(C)c(C)oc4cc3oc2=O)cc1OC. The van der Waals surface area contributed by atoms with Crippen LogP contribution >= 0.6 is 0 Å². The van der Waals surface area contributed by atoms with Crippen molar-refractivity contribution in [2.45, 2.75) is 33.6 Å². The van der Waals surface area contributed by atoms with E-state index >= 15 is 0 Å². The summed E-state index contributed by atoms with van der Waals surface area (Å²) >= 11 is 0. The third-order valence-electron chi connectivity index (χ3n) is 6.10. The Morgan fingerprint density at radius 1 is 0.909 bits per heavy atom. The smallest absolute Gasteiger partial charge is 0.340 e. The molecule has 0 saturated carbocycles. The predicted molar refractivity (Wildman–Crippen MR) is 126 cm³/mol. The number of nitrogens with one attached hydrogen (secondary N) is 1. The molecule has 4 rings (SSSR count). The van der Waals surface area contributed by atoms with Crippen molar-refractivity contribution in [2.24, 2.45) is 0 Å². The third-order valence-corrected chi connectivity index (χ3v) is 6.10. The quantitative estimate of drug-likeness (QED) is 0.421. The molecule has 0 aliphatic carbocycles. The second kappa shape index (κ2) is 9.02. The van der Waals surface area contributed by atoms with Gasteiger partial charge < -0.3 is 23.6 Å². The fraction of sp³-hybridized carbons (Fsp3) is 0.308. The Labute approximate surface area is 191 Å². The zero-order chi connectivity index (χ0) is 23.7. The number of hydrogen-bond donors (Lipinski definition) is 1. The van der Waals surface area contributed by atoms with Gasteiger partial charge in [-0.2, -0.15) is 0 Å². The first-order valence-electron chi connectivity index (χ1n) is 10.8. The fourth-order valence-corrected chi connectivity index (χ4v) is 4.03. The molecule has 2 aromatic carbocycles. The number of furan rings is 1. The van der Waals surface area contributed by atoms with E-state index in [-0.39, 0.29) is 12.3 Å². The average Bonchev–Trinajstić information content (AvgIpc) is 3.08. The highest BCUT2D eigenvalue weighted by molar-refractivity contribution is 5.97. The van der Waals surface area contributed by atoms with Crippen molar-refractivity contribution in [3.63, 3.8) is 0 Å². The molecular formula is C26H27NO6. The van der Waals surface area contributed by atoms with Crippen LogP contribution in [0.15, 0.2) is 44.0 Å². The molecule has 172 valence electrons. The first-order valence-corrected chi connectivity index (χ1v) is 10.8. The Kier molecular flexibility index (Phi) is 6.14. The maximum absolute atomic E-state index is 12.6. The van der Waals surface area contributed by atoms with Crippen LogP contribution in [0.5, 0.6) is 11.5 Å². The first-order chi connectivity index (χ1) is 15.8. The van der Waals surface area contributed by atoms with E-state index in [1.54, 1.807) is 20.3 Å². The summed E-state index contributed by atoms with van der Waals surface area (Å²) in [6.07, 6.45) is 0.575. The van der Waals surface area contributed by atoms with E-state index in [4.69, 9.17) is 18.3 Å². The van der Waals surface area contributed by atoms with Crippen molar-refractivity contribution in [3.8, 4) is 11.5 Å². The molecule has 0 fully saturated rings. The summed E-state index contributed by atoms with van der Waals surface area (Å²) in [5.74, 6) is 1.89. The van der Waals surface area contributed by atoms with E-state index < -0.39 is 5.63 Å². The van der Waals surface area contributed by atoms with E-state index in [0.29, 0.717) is 41.2 Å². The Hall–Kier alpha value is -3.74. The second-order valence-electron chi connectivity index (χ2n) is 8.09. The minimum Gasteiger partial charge on any atom is -0.493 e. The Morgan fingerprint density at radius 2 is 1.61 bits per heavy atom. The van der Waals surface area contributed by atoms with Crippen LogP contribution in [0, 0.1) is 20.8 Å². The predicted octanol–water partition coefficient (Wildman–Crippen LogP) is 4.38. The van der Waals surface area contributed by atoms with Crippen LogP contribution in [0.4, 0.5) is 0 Å². The van der Waals surface area contributed by atoms with Gasteiger partial charge in [0.05, 0.1) is 26.2 Å². The van der Waals surface area contributed by atoms with Gasteiger partial charge in [-0.05, 0) is 62.1 Å². The minimum absolute atomic E-state index is 0.0442. The van der Waals surface area contributed by atoms with Crippen LogP contribution in [0.1, 0.15) is 28.0 Å². The lowest BCUT2D eigenvalue weighted by atomic mass is 10.0. The van der Waals surface area contributed by atoms with Crippen molar-refractivity contribution >= 4 is 27.8 Å². The van der Waals surface area contributed by atoms with Gasteiger partial charge in [0.2, 0.25) is 5.91 Å². The summed E-state index contributed by atoms with van der Waals surface area (Å²) in [5.41, 5.74) is 3.79. The van der Waals surface area contributed by atoms with Crippen LogP contribution in [0.3, 0.4) is 0 Å². The standard InChI is InChI=1S/C26H27NO6/c1-14-16(3)32-22-13-23-19(11-18(14)22)15(2)20(26(29)33-23)12-25(28)27-9-8-17-6-7-21(30-4)24(10-17)31-5/h6-7,10-11,13H,8-9,12H2,1-5H3,(H,27,28). The van der Waals surface area contributed by atoms with Gasteiger partial charge in [0, 0.05) is 23.4 Å². The lowest BCUT2D eigenvalue weighted by Crippen LogP contribution is -2.29. The fourth-order valence-electron chi connectivity index (χ4n) is 4.03. The Morgan fingerprint density at radius 3 is 2.33 bits per heavy atom. The average molecular weight is 450 g/mol. The van der Waals surface area contributed by atoms with E-state index in [1.165, 1.54) is 0 Å². The number of benzene rings is 2.